The molecule has 0 fully saturated rings. The summed E-state index contributed by atoms with van der Waals surface area (Å²) in [6.07, 6.45) is 7.65. The fraction of sp³-hybridized carbons (Fsp3) is 0.231. The van der Waals surface area contributed by atoms with Gasteiger partial charge < -0.3 is 9.88 Å². The van der Waals surface area contributed by atoms with Gasteiger partial charge in [-0.2, -0.15) is 0 Å². The average Bonchev–Trinajstić information content (AvgIpc) is 3.11. The number of carbonyl (C=O) groups is 1. The Hall–Kier alpha value is -2.70. The number of imidazole rings is 2. The highest BCUT2D eigenvalue weighted by Crippen LogP contribution is 2.17. The first-order valence-electron chi connectivity index (χ1n) is 6.41. The van der Waals surface area contributed by atoms with Crippen LogP contribution in [-0.2, 0) is 13.0 Å². The van der Waals surface area contributed by atoms with Gasteiger partial charge in [-0.05, 0) is 6.07 Å². The van der Waals surface area contributed by atoms with Crippen molar-refractivity contribution in [2.75, 3.05) is 6.54 Å². The molecule has 0 aromatic carbocycles. The highest BCUT2D eigenvalue weighted by molar-refractivity contribution is 5.92. The number of H-pyrrole nitrogens is 1. The number of fused-ring (bicyclic) bond motifs is 2. The van der Waals surface area contributed by atoms with Gasteiger partial charge in [-0.15, -0.1) is 0 Å². The van der Waals surface area contributed by atoms with Crippen LogP contribution in [0.3, 0.4) is 0 Å². The zero-order valence-corrected chi connectivity index (χ0v) is 10.7. The molecule has 100 valence electrons. The van der Waals surface area contributed by atoms with E-state index in [4.69, 9.17) is 0 Å². The van der Waals surface area contributed by atoms with Crippen molar-refractivity contribution in [3.8, 4) is 0 Å². The molecule has 7 heteroatoms. The predicted octanol–water partition coefficient (Wildman–Crippen LogP) is 0.651. The number of rotatable bonds is 1. The van der Waals surface area contributed by atoms with E-state index in [2.05, 4.69) is 19.9 Å². The predicted molar refractivity (Wildman–Crippen MR) is 70.0 cm³/mol. The summed E-state index contributed by atoms with van der Waals surface area (Å²) in [5, 5.41) is 0. The van der Waals surface area contributed by atoms with Crippen molar-refractivity contribution in [1.29, 1.82) is 0 Å². The molecule has 4 rings (SSSR count). The molecular weight excluding hydrogens is 256 g/mol. The lowest BCUT2D eigenvalue weighted by Crippen LogP contribution is -2.36. The van der Waals surface area contributed by atoms with E-state index >= 15 is 0 Å². The standard InChI is InChI=1S/C13H12N6O/c20-12(11-7-19-4-1-3-14-13(19)17-11)18-5-2-9-10(6-18)16-8-15-9/h1,3-4,7-8H,2,5-6H2,(H,15,16). The average molecular weight is 268 g/mol. The minimum absolute atomic E-state index is 0.0734. The molecule has 3 aromatic rings. The van der Waals surface area contributed by atoms with Crippen LogP contribution in [0.5, 0.6) is 0 Å². The number of aromatic amines is 1. The second-order valence-electron chi connectivity index (χ2n) is 4.76. The number of aromatic nitrogens is 5. The first kappa shape index (κ1) is 11.2. The third-order valence-corrected chi connectivity index (χ3v) is 3.52. The van der Waals surface area contributed by atoms with Crippen LogP contribution in [-0.4, -0.2) is 41.7 Å². The quantitative estimate of drug-likeness (QED) is 0.703. The van der Waals surface area contributed by atoms with Crippen LogP contribution in [0.4, 0.5) is 0 Å². The van der Waals surface area contributed by atoms with Crippen LogP contribution < -0.4 is 0 Å². The molecule has 0 spiro atoms. The van der Waals surface area contributed by atoms with Gasteiger partial charge in [0.2, 0.25) is 5.78 Å². The maximum Gasteiger partial charge on any atom is 0.274 e. The lowest BCUT2D eigenvalue weighted by Gasteiger charge is -2.25. The fourth-order valence-corrected chi connectivity index (χ4v) is 2.48. The Labute approximate surface area is 114 Å². The van der Waals surface area contributed by atoms with E-state index in [1.165, 1.54) is 0 Å². The van der Waals surface area contributed by atoms with Gasteiger partial charge in [0, 0.05) is 31.6 Å². The van der Waals surface area contributed by atoms with Crippen LogP contribution >= 0.6 is 0 Å². The molecule has 0 radical (unpaired) electrons. The van der Waals surface area contributed by atoms with E-state index in [1.54, 1.807) is 34.1 Å². The minimum Gasteiger partial charge on any atom is -0.347 e. The third-order valence-electron chi connectivity index (χ3n) is 3.52. The molecule has 4 heterocycles. The molecule has 3 aromatic heterocycles. The fourth-order valence-electron chi connectivity index (χ4n) is 2.48. The Kier molecular flexibility index (Phi) is 2.32. The summed E-state index contributed by atoms with van der Waals surface area (Å²) in [6, 6.07) is 1.81. The molecule has 1 aliphatic rings. The van der Waals surface area contributed by atoms with Gasteiger partial charge in [-0.1, -0.05) is 0 Å². The summed E-state index contributed by atoms with van der Waals surface area (Å²) >= 11 is 0. The molecule has 0 aliphatic carbocycles. The Balaban J connectivity index is 1.64. The van der Waals surface area contributed by atoms with Crippen molar-refractivity contribution >= 4 is 11.7 Å². The second kappa shape index (κ2) is 4.16. The summed E-state index contributed by atoms with van der Waals surface area (Å²) in [6.45, 7) is 1.22. The van der Waals surface area contributed by atoms with Crippen molar-refractivity contribution in [3.05, 3.63) is 48.1 Å². The summed E-state index contributed by atoms with van der Waals surface area (Å²) in [4.78, 5) is 30.0. The Morgan fingerprint density at radius 2 is 2.30 bits per heavy atom. The molecule has 1 N–H and O–H groups in total. The van der Waals surface area contributed by atoms with Crippen molar-refractivity contribution in [3.63, 3.8) is 0 Å². The van der Waals surface area contributed by atoms with Crippen molar-refractivity contribution < 1.29 is 4.79 Å². The molecule has 0 saturated carbocycles. The minimum atomic E-state index is -0.0734. The number of hydrogen-bond donors (Lipinski definition) is 1. The molecular formula is C13H12N6O. The maximum absolute atomic E-state index is 12.5. The normalized spacial score (nSPS) is 14.5. The SMILES string of the molecule is O=C(c1cn2cccnc2n1)N1CCc2nc[nH]c2C1. The summed E-state index contributed by atoms with van der Waals surface area (Å²) in [5.41, 5.74) is 2.48. The molecule has 1 aliphatic heterocycles. The topological polar surface area (TPSA) is 79.2 Å². The monoisotopic (exact) mass is 268 g/mol. The molecule has 0 unspecified atom stereocenters. The smallest absolute Gasteiger partial charge is 0.274 e. The highest BCUT2D eigenvalue weighted by Gasteiger charge is 2.24. The zero-order valence-electron chi connectivity index (χ0n) is 10.7. The second-order valence-corrected chi connectivity index (χ2v) is 4.76. The van der Waals surface area contributed by atoms with E-state index in [1.807, 2.05) is 6.20 Å². The van der Waals surface area contributed by atoms with Gasteiger partial charge >= 0.3 is 0 Å². The van der Waals surface area contributed by atoms with E-state index in [0.717, 1.165) is 17.8 Å². The molecule has 20 heavy (non-hydrogen) atoms. The van der Waals surface area contributed by atoms with Crippen LogP contribution in [0.15, 0.2) is 31.0 Å². The van der Waals surface area contributed by atoms with E-state index < -0.39 is 0 Å². The van der Waals surface area contributed by atoms with E-state index in [-0.39, 0.29) is 5.91 Å². The lowest BCUT2D eigenvalue weighted by atomic mass is 10.1. The van der Waals surface area contributed by atoms with E-state index in [0.29, 0.717) is 24.6 Å². The van der Waals surface area contributed by atoms with Gasteiger partial charge in [0.25, 0.3) is 5.91 Å². The Morgan fingerprint density at radius 1 is 1.35 bits per heavy atom. The number of nitrogens with zero attached hydrogens (tertiary/aromatic N) is 5. The molecule has 0 saturated heterocycles. The number of hydrogen-bond acceptors (Lipinski definition) is 4. The Morgan fingerprint density at radius 3 is 3.20 bits per heavy atom. The van der Waals surface area contributed by atoms with Crippen LogP contribution in [0.2, 0.25) is 0 Å². The van der Waals surface area contributed by atoms with Crippen LogP contribution in [0, 0.1) is 0 Å². The Bertz CT molecular complexity index is 756. The third kappa shape index (κ3) is 1.67. The van der Waals surface area contributed by atoms with E-state index in [9.17, 15) is 4.79 Å². The summed E-state index contributed by atoms with van der Waals surface area (Å²) < 4.78 is 1.75. The van der Waals surface area contributed by atoms with Gasteiger partial charge in [0.15, 0.2) is 0 Å². The number of nitrogens with one attached hydrogen (secondary N) is 1. The van der Waals surface area contributed by atoms with Crippen molar-refractivity contribution in [1.82, 2.24) is 29.2 Å². The highest BCUT2D eigenvalue weighted by atomic mass is 16.2. The molecule has 7 nitrogen and oxygen atoms in total. The van der Waals surface area contributed by atoms with Crippen molar-refractivity contribution in [2.24, 2.45) is 0 Å². The van der Waals surface area contributed by atoms with Crippen molar-refractivity contribution in [2.45, 2.75) is 13.0 Å². The summed E-state index contributed by atoms with van der Waals surface area (Å²) in [5.74, 6) is 0.464. The number of carbonyl (C=O) groups excluding carboxylic acids is 1. The summed E-state index contributed by atoms with van der Waals surface area (Å²) in [7, 11) is 0. The van der Waals surface area contributed by atoms with Crippen LogP contribution in [0.1, 0.15) is 21.9 Å². The van der Waals surface area contributed by atoms with Gasteiger partial charge in [0.05, 0.1) is 24.3 Å². The van der Waals surface area contributed by atoms with Gasteiger partial charge in [-0.3, -0.25) is 9.20 Å². The van der Waals surface area contributed by atoms with Crippen LogP contribution in [0.25, 0.3) is 5.78 Å². The number of amides is 1. The molecule has 0 atom stereocenters. The largest absolute Gasteiger partial charge is 0.347 e. The molecule has 0 bridgehead atoms. The molecule has 1 amide bonds. The lowest BCUT2D eigenvalue weighted by molar-refractivity contribution is 0.0726. The first-order valence-corrected chi connectivity index (χ1v) is 6.41. The van der Waals surface area contributed by atoms with Gasteiger partial charge in [0.1, 0.15) is 5.69 Å². The first-order chi connectivity index (χ1) is 9.81. The zero-order chi connectivity index (χ0) is 13.5. The van der Waals surface area contributed by atoms with Gasteiger partial charge in [-0.25, -0.2) is 15.0 Å². The maximum atomic E-state index is 12.5.